The number of amides is 1. The molecule has 1 amide bonds. The van der Waals surface area contributed by atoms with Crippen molar-refractivity contribution in [3.8, 4) is 0 Å². The third kappa shape index (κ3) is 4.57. The lowest BCUT2D eigenvalue weighted by Crippen LogP contribution is -2.50. The highest BCUT2D eigenvalue weighted by Gasteiger charge is 2.58. The van der Waals surface area contributed by atoms with E-state index >= 15 is 0 Å². The molecule has 5 nitrogen and oxygen atoms in total. The number of benzene rings is 1. The normalized spacial score (nSPS) is 35.9. The zero-order valence-corrected chi connectivity index (χ0v) is 21.5. The molecule has 0 unspecified atom stereocenters. The first kappa shape index (κ1) is 24.5. The molecule has 35 heavy (non-hydrogen) atoms. The summed E-state index contributed by atoms with van der Waals surface area (Å²) >= 11 is 5.94. The molecule has 1 aromatic carbocycles. The van der Waals surface area contributed by atoms with E-state index in [0.717, 1.165) is 44.9 Å². The Balaban J connectivity index is 1.28. The molecule has 3 fully saturated rings. The Morgan fingerprint density at radius 1 is 1.11 bits per heavy atom. The third-order valence-electron chi connectivity index (χ3n) is 9.74. The molecule has 3 saturated carbocycles. The van der Waals surface area contributed by atoms with Crippen LogP contribution in [0.2, 0.25) is 5.02 Å². The SMILES string of the molecule is CC(=O)O[C@H]1CC[C@@]2(C)C(=CC[C@H]3[C@@H]4CC(=O)C[C@@]4(CCNC(=O)c4ccc(Cl)cc4)CC[C@@H]32)C1. The number of carbonyl (C=O) groups excluding carboxylic acids is 3. The molecule has 0 aromatic heterocycles. The van der Waals surface area contributed by atoms with Crippen molar-refractivity contribution in [1.29, 1.82) is 0 Å². The van der Waals surface area contributed by atoms with Gasteiger partial charge in [-0.3, -0.25) is 14.4 Å². The first-order valence-electron chi connectivity index (χ1n) is 13.1. The van der Waals surface area contributed by atoms with E-state index in [1.165, 1.54) is 12.5 Å². The summed E-state index contributed by atoms with van der Waals surface area (Å²) in [6.07, 6.45) is 10.6. The zero-order chi connectivity index (χ0) is 24.8. The molecule has 188 valence electrons. The van der Waals surface area contributed by atoms with Gasteiger partial charge < -0.3 is 10.1 Å². The van der Waals surface area contributed by atoms with E-state index in [4.69, 9.17) is 16.3 Å². The molecule has 4 aliphatic carbocycles. The van der Waals surface area contributed by atoms with E-state index in [0.29, 0.717) is 53.5 Å². The number of rotatable bonds is 5. The quantitative estimate of drug-likeness (QED) is 0.406. The third-order valence-corrected chi connectivity index (χ3v) is 9.99. The molecule has 4 aliphatic rings. The van der Waals surface area contributed by atoms with Crippen molar-refractivity contribution >= 4 is 29.3 Å². The van der Waals surface area contributed by atoms with E-state index in [1.54, 1.807) is 24.3 Å². The van der Waals surface area contributed by atoms with Gasteiger partial charge in [-0.2, -0.15) is 0 Å². The smallest absolute Gasteiger partial charge is 0.302 e. The summed E-state index contributed by atoms with van der Waals surface area (Å²) in [7, 11) is 0. The van der Waals surface area contributed by atoms with Crippen LogP contribution in [0.15, 0.2) is 35.9 Å². The van der Waals surface area contributed by atoms with Gasteiger partial charge in [0.1, 0.15) is 11.9 Å². The monoisotopic (exact) mass is 497 g/mol. The second kappa shape index (κ2) is 9.38. The number of fused-ring (bicyclic) bond motifs is 5. The summed E-state index contributed by atoms with van der Waals surface area (Å²) in [4.78, 5) is 36.9. The van der Waals surface area contributed by atoms with Crippen LogP contribution in [-0.4, -0.2) is 30.3 Å². The fraction of sp³-hybridized carbons (Fsp3) is 0.621. The summed E-state index contributed by atoms with van der Waals surface area (Å²) in [5, 5.41) is 3.70. The van der Waals surface area contributed by atoms with Crippen LogP contribution in [0.3, 0.4) is 0 Å². The summed E-state index contributed by atoms with van der Waals surface area (Å²) < 4.78 is 5.56. The number of Topliss-reactive ketones (excluding diaryl/α,β-unsaturated/α-hetero) is 1. The lowest BCUT2D eigenvalue weighted by molar-refractivity contribution is -0.148. The Morgan fingerprint density at radius 2 is 1.89 bits per heavy atom. The number of ketones is 1. The molecule has 0 saturated heterocycles. The molecule has 0 heterocycles. The van der Waals surface area contributed by atoms with Crippen molar-refractivity contribution in [2.75, 3.05) is 6.54 Å². The molecule has 0 spiro atoms. The summed E-state index contributed by atoms with van der Waals surface area (Å²) in [5.74, 6) is 1.59. The Bertz CT molecular complexity index is 1050. The van der Waals surface area contributed by atoms with E-state index in [9.17, 15) is 14.4 Å². The van der Waals surface area contributed by atoms with Gasteiger partial charge >= 0.3 is 5.97 Å². The maximum absolute atomic E-state index is 12.8. The second-order valence-corrected chi connectivity index (χ2v) is 12.0. The molecule has 1 aromatic rings. The maximum Gasteiger partial charge on any atom is 0.302 e. The highest BCUT2D eigenvalue weighted by Crippen LogP contribution is 2.65. The molecule has 6 atom stereocenters. The van der Waals surface area contributed by atoms with Gasteiger partial charge in [-0.25, -0.2) is 0 Å². The van der Waals surface area contributed by atoms with Crippen LogP contribution >= 0.6 is 11.6 Å². The standard InChI is InChI=1S/C29H36ClNO4/c1-18(32)35-23-9-11-28(2)20(15-23)5-8-24-25(28)10-12-29(17-22(33)16-26(24)29)13-14-31-27(34)19-3-6-21(30)7-4-19/h3-7,23-26H,8-17H2,1-2H3,(H,31,34)/t23-,24+,25-,26-,28-,29-/m0/s1. The van der Waals surface area contributed by atoms with Crippen molar-refractivity contribution < 1.29 is 19.1 Å². The van der Waals surface area contributed by atoms with Crippen molar-refractivity contribution in [2.24, 2.45) is 28.6 Å². The Morgan fingerprint density at radius 3 is 2.63 bits per heavy atom. The van der Waals surface area contributed by atoms with Gasteiger partial charge in [-0.1, -0.05) is 30.2 Å². The van der Waals surface area contributed by atoms with E-state index < -0.39 is 0 Å². The first-order valence-corrected chi connectivity index (χ1v) is 13.5. The minimum atomic E-state index is -0.192. The molecular weight excluding hydrogens is 462 g/mol. The van der Waals surface area contributed by atoms with Crippen molar-refractivity contribution in [1.82, 2.24) is 5.32 Å². The molecule has 6 heteroatoms. The fourth-order valence-corrected chi connectivity index (χ4v) is 8.20. The number of ether oxygens (including phenoxy) is 1. The number of hydrogen-bond acceptors (Lipinski definition) is 4. The molecule has 0 bridgehead atoms. The van der Waals surface area contributed by atoms with Gasteiger partial charge in [0.2, 0.25) is 0 Å². The number of nitrogens with one attached hydrogen (secondary N) is 1. The molecule has 5 rings (SSSR count). The minimum Gasteiger partial charge on any atom is -0.462 e. The lowest BCUT2D eigenvalue weighted by atomic mass is 9.47. The van der Waals surface area contributed by atoms with Gasteiger partial charge in [0, 0.05) is 43.3 Å². The highest BCUT2D eigenvalue weighted by atomic mass is 35.5. The summed E-state index contributed by atoms with van der Waals surface area (Å²) in [6.45, 7) is 4.50. The van der Waals surface area contributed by atoms with Crippen molar-refractivity contribution in [3.05, 3.63) is 46.5 Å². The topological polar surface area (TPSA) is 72.5 Å². The van der Waals surface area contributed by atoms with Gasteiger partial charge in [-0.05, 0) is 91.4 Å². The second-order valence-electron chi connectivity index (χ2n) is 11.6. The van der Waals surface area contributed by atoms with E-state index in [-0.39, 0.29) is 28.8 Å². The molecule has 0 aliphatic heterocycles. The van der Waals surface area contributed by atoms with Gasteiger partial charge in [0.05, 0.1) is 0 Å². The average molecular weight is 498 g/mol. The fourth-order valence-electron chi connectivity index (χ4n) is 8.08. The molecular formula is C29H36ClNO4. The first-order chi connectivity index (χ1) is 16.7. The van der Waals surface area contributed by atoms with Crippen LogP contribution in [0.4, 0.5) is 0 Å². The number of hydrogen-bond donors (Lipinski definition) is 1. The predicted molar refractivity (Wildman–Crippen MR) is 135 cm³/mol. The predicted octanol–water partition coefficient (Wildman–Crippen LogP) is 5.90. The van der Waals surface area contributed by atoms with E-state index in [1.807, 2.05) is 0 Å². The van der Waals surface area contributed by atoms with Crippen LogP contribution in [0, 0.1) is 28.6 Å². The molecule has 1 N–H and O–H groups in total. The van der Waals surface area contributed by atoms with Crippen LogP contribution in [0.25, 0.3) is 0 Å². The van der Waals surface area contributed by atoms with Crippen LogP contribution < -0.4 is 5.32 Å². The largest absolute Gasteiger partial charge is 0.462 e. The number of esters is 1. The van der Waals surface area contributed by atoms with Gasteiger partial charge in [0.25, 0.3) is 5.91 Å². The van der Waals surface area contributed by atoms with Crippen molar-refractivity contribution in [3.63, 3.8) is 0 Å². The van der Waals surface area contributed by atoms with Gasteiger partial charge in [-0.15, -0.1) is 0 Å². The van der Waals surface area contributed by atoms with Crippen LogP contribution in [-0.2, 0) is 14.3 Å². The molecule has 0 radical (unpaired) electrons. The van der Waals surface area contributed by atoms with Crippen LogP contribution in [0.5, 0.6) is 0 Å². The maximum atomic E-state index is 12.8. The lowest BCUT2D eigenvalue weighted by Gasteiger charge is -2.57. The van der Waals surface area contributed by atoms with E-state index in [2.05, 4.69) is 18.3 Å². The number of allylic oxidation sites excluding steroid dienone is 1. The van der Waals surface area contributed by atoms with Gasteiger partial charge in [0.15, 0.2) is 0 Å². The Hall–Kier alpha value is -2.14. The zero-order valence-electron chi connectivity index (χ0n) is 20.8. The minimum absolute atomic E-state index is 0.00216. The van der Waals surface area contributed by atoms with Crippen molar-refractivity contribution in [2.45, 2.75) is 77.7 Å². The summed E-state index contributed by atoms with van der Waals surface area (Å²) in [5.41, 5.74) is 2.21. The number of carbonyl (C=O) groups is 3. The summed E-state index contributed by atoms with van der Waals surface area (Å²) in [6, 6.07) is 6.94. The Kier molecular flexibility index (Phi) is 6.58. The number of halogens is 1. The average Bonchev–Trinajstić information content (AvgIpc) is 3.15. The van der Waals surface area contributed by atoms with Crippen LogP contribution in [0.1, 0.15) is 82.0 Å². The Labute approximate surface area is 213 Å². The highest BCUT2D eigenvalue weighted by molar-refractivity contribution is 6.30.